The Bertz CT molecular complexity index is 465. The minimum Gasteiger partial charge on any atom is -0.211 e. The minimum atomic E-state index is -2.66. The van der Waals surface area contributed by atoms with Crippen LogP contribution in [0.5, 0.6) is 0 Å². The summed E-state index contributed by atoms with van der Waals surface area (Å²) >= 11 is 5.74. The zero-order valence-corrected chi connectivity index (χ0v) is 8.97. The number of hydrogen-bond donors (Lipinski definition) is 0. The first-order valence-electron chi connectivity index (χ1n) is 4.77. The second-order valence-electron chi connectivity index (χ2n) is 3.74. The van der Waals surface area contributed by atoms with Gasteiger partial charge in [0.1, 0.15) is 0 Å². The van der Waals surface area contributed by atoms with Gasteiger partial charge >= 0.3 is 0 Å². The standard InChI is InChI=1S/C11H8ClF2NO/c12-8-3-1-2-7(9(8)10(13)14)11(4-5-11)15-6-16/h1-3,10H,4-5H2. The summed E-state index contributed by atoms with van der Waals surface area (Å²) in [4.78, 5) is 13.9. The normalized spacial score (nSPS) is 17.0. The molecule has 0 aliphatic heterocycles. The van der Waals surface area contributed by atoms with E-state index >= 15 is 0 Å². The SMILES string of the molecule is O=C=NC1(c2cccc(Cl)c2C(F)F)CC1. The van der Waals surface area contributed by atoms with E-state index in [9.17, 15) is 13.6 Å². The van der Waals surface area contributed by atoms with Crippen LogP contribution in [0, 0.1) is 0 Å². The van der Waals surface area contributed by atoms with Crippen LogP contribution in [0.1, 0.15) is 30.4 Å². The lowest BCUT2D eigenvalue weighted by Crippen LogP contribution is -2.07. The number of aliphatic imine (C=N–C) groups is 1. The van der Waals surface area contributed by atoms with Gasteiger partial charge in [0.05, 0.1) is 5.54 Å². The van der Waals surface area contributed by atoms with E-state index in [1.165, 1.54) is 12.1 Å². The fourth-order valence-electron chi connectivity index (χ4n) is 1.81. The number of isocyanates is 1. The van der Waals surface area contributed by atoms with Crippen LogP contribution in [0.25, 0.3) is 0 Å². The Labute approximate surface area is 95.9 Å². The molecule has 0 spiro atoms. The molecule has 16 heavy (non-hydrogen) atoms. The summed E-state index contributed by atoms with van der Waals surface area (Å²) < 4.78 is 25.7. The van der Waals surface area contributed by atoms with E-state index < -0.39 is 12.0 Å². The van der Waals surface area contributed by atoms with Crippen molar-refractivity contribution in [2.75, 3.05) is 0 Å². The molecule has 84 valence electrons. The summed E-state index contributed by atoms with van der Waals surface area (Å²) in [6.07, 6.45) is -0.0510. The van der Waals surface area contributed by atoms with Crippen LogP contribution >= 0.6 is 11.6 Å². The van der Waals surface area contributed by atoms with Crippen LogP contribution in [-0.4, -0.2) is 6.08 Å². The van der Waals surface area contributed by atoms with E-state index in [4.69, 9.17) is 11.6 Å². The molecule has 0 unspecified atom stereocenters. The summed E-state index contributed by atoms with van der Waals surface area (Å²) in [7, 11) is 0. The second-order valence-corrected chi connectivity index (χ2v) is 4.14. The van der Waals surface area contributed by atoms with Crippen LogP contribution in [-0.2, 0) is 10.3 Å². The number of nitrogens with zero attached hydrogens (tertiary/aromatic N) is 1. The summed E-state index contributed by atoms with van der Waals surface area (Å²) in [6, 6.07) is 4.54. The minimum absolute atomic E-state index is 0.0138. The molecule has 5 heteroatoms. The van der Waals surface area contributed by atoms with Crippen molar-refractivity contribution in [1.29, 1.82) is 0 Å². The predicted octanol–water partition coefficient (Wildman–Crippen LogP) is 3.60. The quantitative estimate of drug-likeness (QED) is 0.589. The average molecular weight is 244 g/mol. The maximum Gasteiger partial charge on any atom is 0.265 e. The highest BCUT2D eigenvalue weighted by Gasteiger charge is 2.47. The summed E-state index contributed by atoms with van der Waals surface area (Å²) in [5.74, 6) is 0. The molecule has 0 radical (unpaired) electrons. The topological polar surface area (TPSA) is 29.4 Å². The van der Waals surface area contributed by atoms with Gasteiger partial charge in [0.2, 0.25) is 6.08 Å². The number of benzene rings is 1. The van der Waals surface area contributed by atoms with Crippen molar-refractivity contribution in [1.82, 2.24) is 0 Å². The highest BCUT2D eigenvalue weighted by molar-refractivity contribution is 6.31. The second kappa shape index (κ2) is 3.96. The molecule has 2 nitrogen and oxygen atoms in total. The predicted molar refractivity (Wildman–Crippen MR) is 55.4 cm³/mol. The van der Waals surface area contributed by atoms with Gasteiger partial charge in [-0.1, -0.05) is 23.7 Å². The molecule has 0 N–H and O–H groups in total. The van der Waals surface area contributed by atoms with Crippen LogP contribution in [0.4, 0.5) is 8.78 Å². The molecule has 1 aliphatic rings. The highest BCUT2D eigenvalue weighted by atomic mass is 35.5. The Balaban J connectivity index is 2.57. The molecule has 0 saturated heterocycles. The molecule has 1 aromatic carbocycles. The van der Waals surface area contributed by atoms with Crippen LogP contribution in [0.15, 0.2) is 23.2 Å². The van der Waals surface area contributed by atoms with Gasteiger partial charge in [-0.25, -0.2) is 13.6 Å². The smallest absolute Gasteiger partial charge is 0.211 e. The maximum atomic E-state index is 12.9. The van der Waals surface area contributed by atoms with E-state index in [1.54, 1.807) is 12.1 Å². The van der Waals surface area contributed by atoms with Crippen molar-refractivity contribution in [2.24, 2.45) is 4.99 Å². The van der Waals surface area contributed by atoms with Crippen molar-refractivity contribution >= 4 is 17.7 Å². The zero-order chi connectivity index (χ0) is 11.8. The van der Waals surface area contributed by atoms with Gasteiger partial charge in [-0.3, -0.25) is 0 Å². The molecule has 1 fully saturated rings. The van der Waals surface area contributed by atoms with E-state index in [0.29, 0.717) is 18.4 Å². The van der Waals surface area contributed by atoms with Crippen LogP contribution in [0.3, 0.4) is 0 Å². The third kappa shape index (κ3) is 1.75. The summed E-state index contributed by atoms with van der Waals surface area (Å²) in [5, 5.41) is 0.0138. The van der Waals surface area contributed by atoms with Gasteiger partial charge in [0, 0.05) is 10.6 Å². The zero-order valence-electron chi connectivity index (χ0n) is 8.21. The third-order valence-corrected chi connectivity index (χ3v) is 3.09. The summed E-state index contributed by atoms with van der Waals surface area (Å²) in [5.41, 5.74) is -0.683. The lowest BCUT2D eigenvalue weighted by atomic mass is 9.99. The van der Waals surface area contributed by atoms with Crippen LogP contribution in [0.2, 0.25) is 5.02 Å². The molecule has 0 atom stereocenters. The first-order chi connectivity index (χ1) is 7.60. The number of alkyl halides is 2. The Morgan fingerprint density at radius 3 is 2.62 bits per heavy atom. The number of hydrogen-bond acceptors (Lipinski definition) is 2. The Kier molecular flexibility index (Phi) is 2.78. The molecular formula is C11H8ClF2NO. The Hall–Kier alpha value is -1.25. The van der Waals surface area contributed by atoms with Gasteiger partial charge in [0.15, 0.2) is 0 Å². The number of carbonyl (C=O) groups excluding carboxylic acids is 1. The molecule has 1 saturated carbocycles. The lowest BCUT2D eigenvalue weighted by Gasteiger charge is -2.15. The van der Waals surface area contributed by atoms with Gasteiger partial charge in [-0.2, -0.15) is 4.99 Å². The molecule has 0 aromatic heterocycles. The molecule has 0 bridgehead atoms. The molecule has 1 aromatic rings. The first kappa shape index (κ1) is 11.2. The van der Waals surface area contributed by atoms with Crippen molar-refractivity contribution in [3.8, 4) is 0 Å². The number of halogens is 3. The fraction of sp³-hybridized carbons (Fsp3) is 0.364. The highest BCUT2D eigenvalue weighted by Crippen LogP contribution is 2.52. The van der Waals surface area contributed by atoms with Gasteiger partial charge < -0.3 is 0 Å². The van der Waals surface area contributed by atoms with E-state index in [2.05, 4.69) is 4.99 Å². The van der Waals surface area contributed by atoms with Gasteiger partial charge in [-0.15, -0.1) is 0 Å². The third-order valence-electron chi connectivity index (χ3n) is 2.76. The number of rotatable bonds is 3. The lowest BCUT2D eigenvalue weighted by molar-refractivity contribution is 0.149. The monoisotopic (exact) mass is 243 g/mol. The molecular weight excluding hydrogens is 236 g/mol. The average Bonchev–Trinajstić information content (AvgIpc) is 2.98. The largest absolute Gasteiger partial charge is 0.265 e. The van der Waals surface area contributed by atoms with Gasteiger partial charge in [-0.05, 0) is 24.5 Å². The molecule has 1 aliphatic carbocycles. The summed E-state index contributed by atoms with van der Waals surface area (Å²) in [6.45, 7) is 0. The Morgan fingerprint density at radius 1 is 1.44 bits per heavy atom. The van der Waals surface area contributed by atoms with Crippen LogP contribution < -0.4 is 0 Å². The van der Waals surface area contributed by atoms with E-state index in [1.807, 2.05) is 0 Å². The molecule has 0 heterocycles. The Morgan fingerprint density at radius 2 is 2.12 bits per heavy atom. The molecule has 0 amide bonds. The van der Waals surface area contributed by atoms with Crippen molar-refractivity contribution in [2.45, 2.75) is 24.8 Å². The van der Waals surface area contributed by atoms with Gasteiger partial charge in [0.25, 0.3) is 6.43 Å². The maximum absolute atomic E-state index is 12.9. The fourth-order valence-corrected chi connectivity index (χ4v) is 2.07. The van der Waals surface area contributed by atoms with E-state index in [0.717, 1.165) is 0 Å². The van der Waals surface area contributed by atoms with Crippen molar-refractivity contribution < 1.29 is 13.6 Å². The van der Waals surface area contributed by atoms with E-state index in [-0.39, 0.29) is 10.6 Å². The van der Waals surface area contributed by atoms with Crippen molar-refractivity contribution in [3.05, 3.63) is 34.3 Å². The first-order valence-corrected chi connectivity index (χ1v) is 5.14. The van der Waals surface area contributed by atoms with Crippen molar-refractivity contribution in [3.63, 3.8) is 0 Å². The molecule has 2 rings (SSSR count).